The van der Waals surface area contributed by atoms with Gasteiger partial charge in [-0.2, -0.15) is 0 Å². The summed E-state index contributed by atoms with van der Waals surface area (Å²) in [6.07, 6.45) is 4.92. The number of rotatable bonds is 10. The van der Waals surface area contributed by atoms with Gasteiger partial charge in [-0.3, -0.25) is 23.5 Å². The molecule has 0 spiro atoms. The van der Waals surface area contributed by atoms with Crippen molar-refractivity contribution in [3.05, 3.63) is 70.7 Å². The lowest BCUT2D eigenvalue weighted by Gasteiger charge is -2.32. The van der Waals surface area contributed by atoms with Gasteiger partial charge < -0.3 is 20.1 Å². The van der Waals surface area contributed by atoms with Gasteiger partial charge in [0, 0.05) is 39.2 Å². The van der Waals surface area contributed by atoms with Crippen molar-refractivity contribution in [2.75, 3.05) is 28.5 Å². The highest BCUT2D eigenvalue weighted by molar-refractivity contribution is 7.86. The third-order valence-electron chi connectivity index (χ3n) is 6.88. The molecule has 1 aliphatic heterocycles. The van der Waals surface area contributed by atoms with Gasteiger partial charge in [-0.05, 0) is 60.7 Å². The SMILES string of the molecule is O=C(C[S@@](=O)CC(=O)N(c1ccc2c(c1)OCO2)[C@@H](C(=O)NC1CCCCC1)c1cccs1)Nc1ccc(F)cc1. The van der Waals surface area contributed by atoms with Crippen LogP contribution in [0.4, 0.5) is 15.8 Å². The Morgan fingerprint density at radius 2 is 1.76 bits per heavy atom. The van der Waals surface area contributed by atoms with Gasteiger partial charge in [-0.1, -0.05) is 25.3 Å². The number of hydrogen-bond acceptors (Lipinski definition) is 7. The molecule has 2 atom stereocenters. The van der Waals surface area contributed by atoms with E-state index in [4.69, 9.17) is 9.47 Å². The number of thiophene rings is 1. The first-order valence-corrected chi connectivity index (χ1v) is 15.7. The van der Waals surface area contributed by atoms with E-state index in [0.717, 1.165) is 32.1 Å². The maximum atomic E-state index is 13.9. The normalized spacial score (nSPS) is 16.0. The van der Waals surface area contributed by atoms with E-state index in [1.54, 1.807) is 30.3 Å². The average molecular weight is 600 g/mol. The van der Waals surface area contributed by atoms with Crippen molar-refractivity contribution in [1.82, 2.24) is 5.32 Å². The van der Waals surface area contributed by atoms with E-state index in [1.165, 1.54) is 40.5 Å². The zero-order valence-electron chi connectivity index (χ0n) is 22.2. The van der Waals surface area contributed by atoms with Gasteiger partial charge in [0.1, 0.15) is 23.4 Å². The van der Waals surface area contributed by atoms with Gasteiger partial charge >= 0.3 is 0 Å². The fraction of sp³-hybridized carbons (Fsp3) is 0.345. The maximum absolute atomic E-state index is 13.9. The monoisotopic (exact) mass is 599 g/mol. The molecular weight excluding hydrogens is 569 g/mol. The number of carbonyl (C=O) groups is 3. The molecule has 1 fully saturated rings. The lowest BCUT2D eigenvalue weighted by atomic mass is 9.95. The Kier molecular flexibility index (Phi) is 9.30. The highest BCUT2D eigenvalue weighted by Gasteiger charge is 2.36. The van der Waals surface area contributed by atoms with Crippen LogP contribution in [-0.4, -0.2) is 46.3 Å². The fourth-order valence-electron chi connectivity index (χ4n) is 4.95. The summed E-state index contributed by atoms with van der Waals surface area (Å²) >= 11 is 1.34. The zero-order chi connectivity index (χ0) is 28.8. The molecule has 0 unspecified atom stereocenters. The van der Waals surface area contributed by atoms with E-state index in [9.17, 15) is 23.0 Å². The van der Waals surface area contributed by atoms with Crippen molar-refractivity contribution in [3.63, 3.8) is 0 Å². The first-order valence-electron chi connectivity index (χ1n) is 13.3. The molecule has 216 valence electrons. The van der Waals surface area contributed by atoms with E-state index < -0.39 is 46.0 Å². The molecule has 2 aliphatic rings. The summed E-state index contributed by atoms with van der Waals surface area (Å²) in [6, 6.07) is 12.7. The van der Waals surface area contributed by atoms with Crippen molar-refractivity contribution >= 4 is 51.2 Å². The Hall–Kier alpha value is -3.77. The van der Waals surface area contributed by atoms with E-state index in [2.05, 4.69) is 10.6 Å². The molecule has 0 radical (unpaired) electrons. The number of halogens is 1. The van der Waals surface area contributed by atoms with Crippen LogP contribution in [0, 0.1) is 5.82 Å². The quantitative estimate of drug-likeness (QED) is 0.354. The molecular formula is C29H30FN3O6S2. The summed E-state index contributed by atoms with van der Waals surface area (Å²) in [7, 11) is -1.90. The largest absolute Gasteiger partial charge is 0.454 e. The topological polar surface area (TPSA) is 114 Å². The van der Waals surface area contributed by atoms with Gasteiger partial charge in [-0.25, -0.2) is 4.39 Å². The minimum absolute atomic E-state index is 0.0108. The highest BCUT2D eigenvalue weighted by atomic mass is 32.2. The average Bonchev–Trinajstić information content (AvgIpc) is 3.65. The van der Waals surface area contributed by atoms with E-state index in [-0.39, 0.29) is 18.7 Å². The Bertz CT molecular complexity index is 1410. The number of amides is 3. The molecule has 2 N–H and O–H groups in total. The molecule has 0 bridgehead atoms. The van der Waals surface area contributed by atoms with Crippen molar-refractivity contribution < 1.29 is 32.5 Å². The number of carbonyl (C=O) groups excluding carboxylic acids is 3. The van der Waals surface area contributed by atoms with Crippen molar-refractivity contribution in [2.24, 2.45) is 0 Å². The standard InChI is InChI=1S/C29H30FN3O6S2/c30-19-8-10-21(11-9-19)31-26(34)16-41(37)17-27(35)33(22-12-13-23-24(15-22)39-18-38-23)28(25-7-4-14-40-25)29(36)32-20-5-2-1-3-6-20/h4,7-15,20,28H,1-3,5-6,16-18H2,(H,31,34)(H,32,36)/t28-,41-/m1/s1. The molecule has 3 amide bonds. The fourth-order valence-corrected chi connectivity index (χ4v) is 6.65. The van der Waals surface area contributed by atoms with Crippen LogP contribution in [0.15, 0.2) is 60.0 Å². The van der Waals surface area contributed by atoms with E-state index >= 15 is 0 Å². The van der Waals surface area contributed by atoms with E-state index in [1.807, 2.05) is 5.38 Å². The first-order chi connectivity index (χ1) is 19.9. The van der Waals surface area contributed by atoms with E-state index in [0.29, 0.717) is 27.8 Å². The molecule has 41 heavy (non-hydrogen) atoms. The second-order valence-corrected chi connectivity index (χ2v) is 12.3. The Labute approximate surface area is 243 Å². The maximum Gasteiger partial charge on any atom is 0.248 e. The van der Waals surface area contributed by atoms with Crippen LogP contribution < -0.4 is 25.0 Å². The predicted octanol–water partition coefficient (Wildman–Crippen LogP) is 4.53. The Balaban J connectivity index is 1.39. The lowest BCUT2D eigenvalue weighted by molar-refractivity contribution is -0.126. The molecule has 5 rings (SSSR count). The van der Waals surface area contributed by atoms with Crippen LogP contribution in [0.1, 0.15) is 43.0 Å². The number of hydrogen-bond donors (Lipinski definition) is 2. The van der Waals surface area contributed by atoms with Gasteiger partial charge in [0.15, 0.2) is 11.5 Å². The van der Waals surface area contributed by atoms with Crippen LogP contribution in [0.25, 0.3) is 0 Å². The second-order valence-electron chi connectivity index (χ2n) is 9.85. The number of anilines is 2. The molecule has 9 nitrogen and oxygen atoms in total. The van der Waals surface area contributed by atoms with Crippen LogP contribution in [0.3, 0.4) is 0 Å². The van der Waals surface area contributed by atoms with Gasteiger partial charge in [0.05, 0.1) is 0 Å². The molecule has 1 saturated carbocycles. The lowest BCUT2D eigenvalue weighted by Crippen LogP contribution is -2.48. The van der Waals surface area contributed by atoms with Crippen LogP contribution in [-0.2, 0) is 25.2 Å². The second kappa shape index (κ2) is 13.3. The highest BCUT2D eigenvalue weighted by Crippen LogP contribution is 2.39. The predicted molar refractivity (Wildman–Crippen MR) is 155 cm³/mol. The van der Waals surface area contributed by atoms with Crippen LogP contribution in [0.5, 0.6) is 11.5 Å². The molecule has 3 aromatic rings. The molecule has 1 aromatic heterocycles. The number of nitrogens with one attached hydrogen (secondary N) is 2. The number of ether oxygens (including phenoxy) is 2. The summed E-state index contributed by atoms with van der Waals surface area (Å²) in [5, 5.41) is 7.52. The van der Waals surface area contributed by atoms with Crippen LogP contribution in [0.2, 0.25) is 0 Å². The van der Waals surface area contributed by atoms with Crippen molar-refractivity contribution in [1.29, 1.82) is 0 Å². The Morgan fingerprint density at radius 3 is 2.49 bits per heavy atom. The molecule has 2 aromatic carbocycles. The summed E-state index contributed by atoms with van der Waals surface area (Å²) in [5.74, 6) is -1.95. The minimum Gasteiger partial charge on any atom is -0.454 e. The molecule has 12 heteroatoms. The van der Waals surface area contributed by atoms with Gasteiger partial charge in [-0.15, -0.1) is 11.3 Å². The smallest absolute Gasteiger partial charge is 0.248 e. The summed E-state index contributed by atoms with van der Waals surface area (Å²) in [6.45, 7) is 0.0381. The number of fused-ring (bicyclic) bond motifs is 1. The molecule has 0 saturated heterocycles. The first kappa shape index (κ1) is 28.7. The summed E-state index contributed by atoms with van der Waals surface area (Å²) < 4.78 is 37.1. The Morgan fingerprint density at radius 1 is 1.00 bits per heavy atom. The van der Waals surface area contributed by atoms with Crippen molar-refractivity contribution in [3.8, 4) is 11.5 Å². The van der Waals surface area contributed by atoms with Crippen molar-refractivity contribution in [2.45, 2.75) is 44.2 Å². The number of nitrogens with zero attached hydrogens (tertiary/aromatic N) is 1. The zero-order valence-corrected chi connectivity index (χ0v) is 23.8. The van der Waals surface area contributed by atoms with Gasteiger partial charge in [0.2, 0.25) is 24.5 Å². The third kappa shape index (κ3) is 7.31. The van der Waals surface area contributed by atoms with Gasteiger partial charge in [0.25, 0.3) is 0 Å². The molecule has 2 heterocycles. The minimum atomic E-state index is -1.90. The molecule has 1 aliphatic carbocycles. The third-order valence-corrected chi connectivity index (χ3v) is 8.96. The summed E-state index contributed by atoms with van der Waals surface area (Å²) in [4.78, 5) is 42.2. The van der Waals surface area contributed by atoms with Crippen LogP contribution >= 0.6 is 11.3 Å². The summed E-state index contributed by atoms with van der Waals surface area (Å²) in [5.41, 5.74) is 0.725. The number of benzene rings is 2.